The minimum atomic E-state index is -3.63. The van der Waals surface area contributed by atoms with Gasteiger partial charge in [-0.2, -0.15) is 5.10 Å². The van der Waals surface area contributed by atoms with E-state index in [0.29, 0.717) is 19.4 Å². The number of carbonyl (C=O) groups excluding carboxylic acids is 1. The van der Waals surface area contributed by atoms with Gasteiger partial charge in [0.15, 0.2) is 0 Å². The van der Waals surface area contributed by atoms with Crippen LogP contribution in [0.5, 0.6) is 0 Å². The molecule has 2 unspecified atom stereocenters. The minimum Gasteiger partial charge on any atom is -0.305 e. The van der Waals surface area contributed by atoms with E-state index < -0.39 is 22.1 Å². The molecule has 3 heterocycles. The first-order valence-corrected chi connectivity index (χ1v) is 12.6. The molecular formula is C21H25FN6O2S. The molecule has 0 saturated heterocycles. The number of pyridine rings is 1. The molecule has 1 fully saturated rings. The quantitative estimate of drug-likeness (QED) is 0.738. The standard InChI is InChI=1S/C21H25FN6O2S/c22-14-4-2-10-28-18(14)16(11-24-28)31(23,30)27-20(29)26-17-12-3-1-5-15(12)25-19-13(17)6-7-21(19)8-9-21/h11,14H,1-10H2,(H3,23,25,26,27,29,30). The van der Waals surface area contributed by atoms with Gasteiger partial charge in [-0.15, -0.1) is 4.36 Å². The predicted molar refractivity (Wildman–Crippen MR) is 113 cm³/mol. The Morgan fingerprint density at radius 3 is 2.90 bits per heavy atom. The number of aromatic nitrogens is 3. The fourth-order valence-corrected chi connectivity index (χ4v) is 6.65. The van der Waals surface area contributed by atoms with Gasteiger partial charge < -0.3 is 5.32 Å². The second-order valence-corrected chi connectivity index (χ2v) is 10.9. The van der Waals surface area contributed by atoms with E-state index in [1.54, 1.807) is 0 Å². The first-order chi connectivity index (χ1) is 14.9. The maximum atomic E-state index is 14.5. The van der Waals surface area contributed by atoms with Crippen LogP contribution in [0.25, 0.3) is 0 Å². The minimum absolute atomic E-state index is 0.0111. The summed E-state index contributed by atoms with van der Waals surface area (Å²) in [5, 5.41) is 13.0. The number of nitrogens with zero attached hydrogens (tertiary/aromatic N) is 4. The van der Waals surface area contributed by atoms with Gasteiger partial charge >= 0.3 is 6.03 Å². The molecule has 0 bridgehead atoms. The molecule has 10 heteroatoms. The number of anilines is 1. The van der Waals surface area contributed by atoms with E-state index in [2.05, 4.69) is 14.8 Å². The number of rotatable bonds is 2. The highest BCUT2D eigenvalue weighted by molar-refractivity contribution is 7.91. The molecule has 2 aromatic rings. The first kappa shape index (κ1) is 19.4. The molecule has 0 radical (unpaired) electrons. The van der Waals surface area contributed by atoms with Crippen LogP contribution in [0, 0.1) is 0 Å². The lowest BCUT2D eigenvalue weighted by Gasteiger charge is -2.19. The van der Waals surface area contributed by atoms with Crippen LogP contribution in [0.15, 0.2) is 15.5 Å². The van der Waals surface area contributed by atoms with E-state index in [1.165, 1.54) is 10.9 Å². The average molecular weight is 445 g/mol. The van der Waals surface area contributed by atoms with Crippen molar-refractivity contribution in [2.24, 2.45) is 9.50 Å². The smallest absolute Gasteiger partial charge is 0.305 e. The van der Waals surface area contributed by atoms with Gasteiger partial charge in [0, 0.05) is 17.7 Å². The summed E-state index contributed by atoms with van der Waals surface area (Å²) in [6, 6.07) is -0.766. The maximum absolute atomic E-state index is 14.5. The van der Waals surface area contributed by atoms with Crippen molar-refractivity contribution in [3.63, 3.8) is 0 Å². The van der Waals surface area contributed by atoms with Crippen LogP contribution in [0.4, 0.5) is 14.9 Å². The molecule has 6 rings (SSSR count). The largest absolute Gasteiger partial charge is 0.354 e. The van der Waals surface area contributed by atoms with Gasteiger partial charge in [0.05, 0.1) is 23.3 Å². The second kappa shape index (κ2) is 6.59. The molecule has 1 aliphatic heterocycles. The molecule has 1 saturated carbocycles. The lowest BCUT2D eigenvalue weighted by molar-refractivity contribution is 0.255. The van der Waals surface area contributed by atoms with Crippen molar-refractivity contribution < 1.29 is 13.4 Å². The summed E-state index contributed by atoms with van der Waals surface area (Å²) in [5.74, 6) is 0. The van der Waals surface area contributed by atoms with E-state index in [9.17, 15) is 13.4 Å². The molecule has 2 aromatic heterocycles. The lowest BCUT2D eigenvalue weighted by atomic mass is 10.0. The molecule has 4 aliphatic rings. The SMILES string of the molecule is NS(=O)(=NC(=O)Nc1c2c(nc3c1CCC31CC1)CCC2)c1cnn2c1C(F)CCC2. The number of nitrogens with two attached hydrogens (primary N) is 1. The number of hydrogen-bond donors (Lipinski definition) is 2. The molecule has 31 heavy (non-hydrogen) atoms. The van der Waals surface area contributed by atoms with Gasteiger partial charge in [-0.05, 0) is 68.9 Å². The molecule has 0 aromatic carbocycles. The predicted octanol–water partition coefficient (Wildman–Crippen LogP) is 3.48. The number of nitrogens with one attached hydrogen (secondary N) is 1. The summed E-state index contributed by atoms with van der Waals surface area (Å²) in [7, 11) is -3.63. The van der Waals surface area contributed by atoms with Gasteiger partial charge in [0.1, 0.15) is 21.0 Å². The Labute approximate surface area is 180 Å². The van der Waals surface area contributed by atoms with E-state index in [4.69, 9.17) is 10.1 Å². The van der Waals surface area contributed by atoms with Crippen molar-refractivity contribution in [1.29, 1.82) is 0 Å². The van der Waals surface area contributed by atoms with Crippen molar-refractivity contribution in [2.75, 3.05) is 5.32 Å². The monoisotopic (exact) mass is 444 g/mol. The average Bonchev–Trinajstić information content (AvgIpc) is 3.07. The summed E-state index contributed by atoms with van der Waals surface area (Å²) in [4.78, 5) is 17.9. The summed E-state index contributed by atoms with van der Waals surface area (Å²) in [6.45, 7) is 0.536. The maximum Gasteiger partial charge on any atom is 0.354 e. The normalized spacial score (nSPS) is 24.3. The molecular weight excluding hydrogens is 419 g/mol. The number of urea groups is 1. The van der Waals surface area contributed by atoms with Crippen molar-refractivity contribution in [3.05, 3.63) is 34.4 Å². The Kier molecular flexibility index (Phi) is 4.11. The van der Waals surface area contributed by atoms with Gasteiger partial charge in [0.2, 0.25) is 0 Å². The molecule has 1 spiro atoms. The molecule has 2 amide bonds. The van der Waals surface area contributed by atoms with E-state index >= 15 is 0 Å². The fourth-order valence-electron chi connectivity index (χ4n) is 5.53. The Morgan fingerprint density at radius 1 is 1.26 bits per heavy atom. The third-order valence-corrected chi connectivity index (χ3v) is 8.65. The molecule has 2 atom stereocenters. The number of alkyl halides is 1. The van der Waals surface area contributed by atoms with Gasteiger partial charge in [-0.25, -0.2) is 18.5 Å². The third kappa shape index (κ3) is 2.95. The second-order valence-electron chi connectivity index (χ2n) is 9.19. The molecule has 164 valence electrons. The number of carbonyl (C=O) groups is 1. The van der Waals surface area contributed by atoms with Crippen LogP contribution < -0.4 is 10.5 Å². The number of halogens is 1. The Bertz CT molecular complexity index is 1240. The number of hydrogen-bond acceptors (Lipinski definition) is 4. The highest BCUT2D eigenvalue weighted by Crippen LogP contribution is 2.58. The van der Waals surface area contributed by atoms with Gasteiger partial charge in [-0.1, -0.05) is 0 Å². The zero-order valence-electron chi connectivity index (χ0n) is 17.2. The summed E-state index contributed by atoms with van der Waals surface area (Å²) < 4.78 is 32.9. The van der Waals surface area contributed by atoms with Gasteiger partial charge in [-0.3, -0.25) is 9.67 Å². The van der Waals surface area contributed by atoms with Crippen molar-refractivity contribution in [3.8, 4) is 0 Å². The summed E-state index contributed by atoms with van der Waals surface area (Å²) in [6.07, 6.45) is 7.96. The lowest BCUT2D eigenvalue weighted by Crippen LogP contribution is -2.22. The van der Waals surface area contributed by atoms with Crippen molar-refractivity contribution >= 4 is 21.6 Å². The third-order valence-electron chi connectivity index (χ3n) is 7.27. The molecule has 3 aliphatic carbocycles. The Hall–Kier alpha value is -2.33. The number of amides is 2. The van der Waals surface area contributed by atoms with Crippen LogP contribution in [-0.4, -0.2) is 25.0 Å². The Balaban J connectivity index is 1.37. The fraction of sp³-hybridized carbons (Fsp3) is 0.571. The van der Waals surface area contributed by atoms with Crippen molar-refractivity contribution in [2.45, 2.75) is 80.8 Å². The van der Waals surface area contributed by atoms with Gasteiger partial charge in [0.25, 0.3) is 0 Å². The summed E-state index contributed by atoms with van der Waals surface area (Å²) >= 11 is 0. The van der Waals surface area contributed by atoms with Crippen LogP contribution in [0.1, 0.15) is 72.9 Å². The molecule has 3 N–H and O–H groups in total. The zero-order chi connectivity index (χ0) is 21.4. The zero-order valence-corrected chi connectivity index (χ0v) is 18.0. The summed E-state index contributed by atoms with van der Waals surface area (Å²) in [5.41, 5.74) is 5.50. The number of aryl methyl sites for hydroxylation is 2. The van der Waals surface area contributed by atoms with Crippen LogP contribution in [0.2, 0.25) is 0 Å². The van der Waals surface area contributed by atoms with Crippen LogP contribution >= 0.6 is 0 Å². The van der Waals surface area contributed by atoms with Crippen molar-refractivity contribution in [1.82, 2.24) is 14.8 Å². The Morgan fingerprint density at radius 2 is 2.10 bits per heavy atom. The number of fused-ring (bicyclic) bond motifs is 4. The van der Waals surface area contributed by atoms with Crippen LogP contribution in [0.3, 0.4) is 0 Å². The van der Waals surface area contributed by atoms with E-state index in [0.717, 1.165) is 73.1 Å². The highest BCUT2D eigenvalue weighted by atomic mass is 32.2. The van der Waals surface area contributed by atoms with E-state index in [-0.39, 0.29) is 16.0 Å². The first-order valence-electron chi connectivity index (χ1n) is 11.0. The highest BCUT2D eigenvalue weighted by Gasteiger charge is 2.51. The van der Waals surface area contributed by atoms with Crippen LogP contribution in [-0.2, 0) is 41.1 Å². The topological polar surface area (TPSA) is 115 Å². The molecule has 8 nitrogen and oxygen atoms in total. The van der Waals surface area contributed by atoms with E-state index in [1.807, 2.05) is 0 Å².